The maximum atomic E-state index is 13.1. The van der Waals surface area contributed by atoms with Crippen LogP contribution in [0.2, 0.25) is 0 Å². The minimum atomic E-state index is -2.91. The normalized spacial score (nSPS) is 11.4. The second-order valence-corrected chi connectivity index (χ2v) is 6.13. The van der Waals surface area contributed by atoms with E-state index < -0.39 is 9.84 Å². The fourth-order valence-corrected chi connectivity index (χ4v) is 1.94. The number of hydrogen-bond donors (Lipinski definition) is 1. The van der Waals surface area contributed by atoms with Crippen LogP contribution in [0.4, 0.5) is 10.1 Å². The summed E-state index contributed by atoms with van der Waals surface area (Å²) in [5, 5.41) is 2.98. The predicted octanol–water partition coefficient (Wildman–Crippen LogP) is 1.98. The summed E-state index contributed by atoms with van der Waals surface area (Å²) in [7, 11) is -2.91. The quantitative estimate of drug-likeness (QED) is 0.807. The molecule has 0 heterocycles. The molecule has 90 valence electrons. The second kappa shape index (κ2) is 5.30. The number of hydrogen-bond acceptors (Lipinski definition) is 3. The van der Waals surface area contributed by atoms with Gasteiger partial charge in [0, 0.05) is 18.5 Å². The molecule has 0 aliphatic carbocycles. The maximum absolute atomic E-state index is 13.1. The highest BCUT2D eigenvalue weighted by Crippen LogP contribution is 2.13. The van der Waals surface area contributed by atoms with Gasteiger partial charge in [0.1, 0.15) is 15.7 Å². The average molecular weight is 245 g/mol. The largest absolute Gasteiger partial charge is 0.385 e. The van der Waals surface area contributed by atoms with Gasteiger partial charge >= 0.3 is 0 Å². The van der Waals surface area contributed by atoms with Gasteiger partial charge in [-0.05, 0) is 31.0 Å². The van der Waals surface area contributed by atoms with Gasteiger partial charge < -0.3 is 5.32 Å². The third-order valence-corrected chi connectivity index (χ3v) is 3.22. The first kappa shape index (κ1) is 13.0. The molecular weight excluding hydrogens is 229 g/mol. The van der Waals surface area contributed by atoms with Crippen LogP contribution in [-0.2, 0) is 9.84 Å². The molecule has 0 amide bonds. The number of sulfone groups is 1. The summed E-state index contributed by atoms with van der Waals surface area (Å²) in [6, 6.07) is 4.88. The van der Waals surface area contributed by atoms with Crippen molar-refractivity contribution in [2.75, 3.05) is 23.9 Å². The van der Waals surface area contributed by atoms with Crippen LogP contribution < -0.4 is 5.32 Å². The number of aryl methyl sites for hydroxylation is 1. The van der Waals surface area contributed by atoms with E-state index in [9.17, 15) is 12.8 Å². The van der Waals surface area contributed by atoms with E-state index in [0.29, 0.717) is 24.2 Å². The van der Waals surface area contributed by atoms with Crippen molar-refractivity contribution in [2.45, 2.75) is 13.3 Å². The first-order valence-corrected chi connectivity index (χ1v) is 7.12. The topological polar surface area (TPSA) is 46.2 Å². The molecular formula is C11H16FNO2S. The molecule has 1 aromatic rings. The van der Waals surface area contributed by atoms with Crippen molar-refractivity contribution in [3.8, 4) is 0 Å². The van der Waals surface area contributed by atoms with Gasteiger partial charge in [0.15, 0.2) is 0 Å². The standard InChI is InChI=1S/C11H16FNO2S/c1-9-4-5-10(8-11(9)12)13-6-3-7-16(2,14)15/h4-5,8,13H,3,6-7H2,1-2H3. The smallest absolute Gasteiger partial charge is 0.147 e. The summed E-state index contributed by atoms with van der Waals surface area (Å²) in [5.74, 6) is -0.109. The van der Waals surface area contributed by atoms with Gasteiger partial charge in [-0.1, -0.05) is 6.07 Å². The van der Waals surface area contributed by atoms with E-state index in [2.05, 4.69) is 5.32 Å². The van der Waals surface area contributed by atoms with Crippen LogP contribution in [-0.4, -0.2) is 27.0 Å². The van der Waals surface area contributed by atoms with Gasteiger partial charge in [-0.2, -0.15) is 0 Å². The lowest BCUT2D eigenvalue weighted by Crippen LogP contribution is -2.09. The van der Waals surface area contributed by atoms with Gasteiger partial charge in [-0.15, -0.1) is 0 Å². The Hall–Kier alpha value is -1.10. The van der Waals surface area contributed by atoms with E-state index in [1.54, 1.807) is 19.1 Å². The number of halogens is 1. The predicted molar refractivity (Wildman–Crippen MR) is 64.0 cm³/mol. The molecule has 0 aromatic heterocycles. The van der Waals surface area contributed by atoms with E-state index in [1.165, 1.54) is 12.3 Å². The minimum Gasteiger partial charge on any atom is -0.385 e. The van der Waals surface area contributed by atoms with Crippen LogP contribution in [0, 0.1) is 12.7 Å². The maximum Gasteiger partial charge on any atom is 0.147 e. The highest BCUT2D eigenvalue weighted by atomic mass is 32.2. The van der Waals surface area contributed by atoms with Gasteiger partial charge in [-0.3, -0.25) is 0 Å². The van der Waals surface area contributed by atoms with Gasteiger partial charge in [0.05, 0.1) is 5.75 Å². The number of nitrogens with one attached hydrogen (secondary N) is 1. The van der Waals surface area contributed by atoms with Crippen LogP contribution in [0.15, 0.2) is 18.2 Å². The van der Waals surface area contributed by atoms with E-state index in [-0.39, 0.29) is 11.6 Å². The molecule has 0 aliphatic rings. The van der Waals surface area contributed by atoms with Crippen LogP contribution in [0.1, 0.15) is 12.0 Å². The van der Waals surface area contributed by atoms with E-state index in [1.807, 2.05) is 0 Å². The Balaban J connectivity index is 2.41. The minimum absolute atomic E-state index is 0.147. The molecule has 0 saturated heterocycles. The molecule has 0 bridgehead atoms. The van der Waals surface area contributed by atoms with Crippen molar-refractivity contribution < 1.29 is 12.8 Å². The Morgan fingerprint density at radius 3 is 2.62 bits per heavy atom. The molecule has 0 unspecified atom stereocenters. The van der Waals surface area contributed by atoms with Crippen LogP contribution in [0.25, 0.3) is 0 Å². The zero-order valence-corrected chi connectivity index (χ0v) is 10.3. The van der Waals surface area contributed by atoms with Crippen LogP contribution in [0.5, 0.6) is 0 Å². The number of benzene rings is 1. The molecule has 0 spiro atoms. The zero-order valence-electron chi connectivity index (χ0n) is 9.46. The van der Waals surface area contributed by atoms with Crippen molar-refractivity contribution in [2.24, 2.45) is 0 Å². The zero-order chi connectivity index (χ0) is 12.2. The molecule has 1 aromatic carbocycles. The summed E-state index contributed by atoms with van der Waals surface area (Å²) >= 11 is 0. The highest BCUT2D eigenvalue weighted by Gasteiger charge is 2.02. The lowest BCUT2D eigenvalue weighted by Gasteiger charge is -2.06. The molecule has 1 rings (SSSR count). The molecule has 1 N–H and O–H groups in total. The van der Waals surface area contributed by atoms with Gasteiger partial charge in [-0.25, -0.2) is 12.8 Å². The Kier molecular flexibility index (Phi) is 4.29. The fourth-order valence-electron chi connectivity index (χ4n) is 1.27. The van der Waals surface area contributed by atoms with Crippen LogP contribution in [0.3, 0.4) is 0 Å². The molecule has 0 atom stereocenters. The van der Waals surface area contributed by atoms with Crippen molar-refractivity contribution >= 4 is 15.5 Å². The van der Waals surface area contributed by atoms with Crippen molar-refractivity contribution in [1.82, 2.24) is 0 Å². The molecule has 16 heavy (non-hydrogen) atoms. The Labute approximate surface area is 95.6 Å². The molecule has 0 aliphatic heterocycles. The molecule has 3 nitrogen and oxygen atoms in total. The lowest BCUT2D eigenvalue weighted by atomic mass is 10.2. The lowest BCUT2D eigenvalue weighted by molar-refractivity contribution is 0.599. The number of rotatable bonds is 5. The third kappa shape index (κ3) is 4.61. The summed E-state index contributed by atoms with van der Waals surface area (Å²) < 4.78 is 34.8. The highest BCUT2D eigenvalue weighted by molar-refractivity contribution is 7.90. The molecule has 5 heteroatoms. The molecule has 0 radical (unpaired) electrons. The summed E-state index contributed by atoms with van der Waals surface area (Å²) in [4.78, 5) is 0. The summed E-state index contributed by atoms with van der Waals surface area (Å²) in [5.41, 5.74) is 1.28. The molecule has 0 saturated carbocycles. The Morgan fingerprint density at radius 1 is 1.38 bits per heavy atom. The first-order chi connectivity index (χ1) is 7.38. The summed E-state index contributed by atoms with van der Waals surface area (Å²) in [6.07, 6.45) is 1.73. The first-order valence-electron chi connectivity index (χ1n) is 5.06. The van der Waals surface area contributed by atoms with E-state index in [4.69, 9.17) is 0 Å². The Morgan fingerprint density at radius 2 is 2.06 bits per heavy atom. The molecule has 0 fully saturated rings. The average Bonchev–Trinajstić information content (AvgIpc) is 2.17. The monoisotopic (exact) mass is 245 g/mol. The van der Waals surface area contributed by atoms with Crippen molar-refractivity contribution in [3.63, 3.8) is 0 Å². The number of anilines is 1. The third-order valence-electron chi connectivity index (χ3n) is 2.19. The van der Waals surface area contributed by atoms with Gasteiger partial charge in [0.2, 0.25) is 0 Å². The van der Waals surface area contributed by atoms with Crippen molar-refractivity contribution in [1.29, 1.82) is 0 Å². The van der Waals surface area contributed by atoms with E-state index in [0.717, 1.165) is 0 Å². The van der Waals surface area contributed by atoms with Crippen LogP contribution >= 0.6 is 0 Å². The van der Waals surface area contributed by atoms with E-state index >= 15 is 0 Å². The fraction of sp³-hybridized carbons (Fsp3) is 0.455. The SMILES string of the molecule is Cc1ccc(NCCCS(C)(=O)=O)cc1F. The second-order valence-electron chi connectivity index (χ2n) is 3.87. The summed E-state index contributed by atoms with van der Waals surface area (Å²) in [6.45, 7) is 2.22. The van der Waals surface area contributed by atoms with Gasteiger partial charge in [0.25, 0.3) is 0 Å². The van der Waals surface area contributed by atoms with Crippen molar-refractivity contribution in [3.05, 3.63) is 29.6 Å². The Bertz CT molecular complexity index is 457.